The van der Waals surface area contributed by atoms with Gasteiger partial charge in [-0.1, -0.05) is 231 Å². The standard InChI is InChI=1S/C42H80O2/c1-3-5-7-9-11-13-15-17-19-21-22-23-24-26-28-30-32-34-36-38-40-41(42(43)44)39-37-35-33-31-29-27-25-20-18-16-14-12-10-8-6-4-2/h38-40H,3-37H2,1-2H3,(H,43,44)/b40-38+,41-39+. The second-order valence-electron chi connectivity index (χ2n) is 13.9. The molecule has 0 radical (unpaired) electrons. The first-order valence-corrected chi connectivity index (χ1v) is 20.3. The molecule has 0 bridgehead atoms. The first kappa shape index (κ1) is 43.0. The molecule has 2 nitrogen and oxygen atoms in total. The highest BCUT2D eigenvalue weighted by atomic mass is 16.4. The van der Waals surface area contributed by atoms with Crippen molar-refractivity contribution >= 4 is 5.97 Å². The van der Waals surface area contributed by atoms with Gasteiger partial charge in [0.2, 0.25) is 0 Å². The summed E-state index contributed by atoms with van der Waals surface area (Å²) in [4.78, 5) is 11.6. The first-order chi connectivity index (χ1) is 21.7. The summed E-state index contributed by atoms with van der Waals surface area (Å²) in [6.07, 6.45) is 53.4. The second-order valence-corrected chi connectivity index (χ2v) is 13.9. The predicted molar refractivity (Wildman–Crippen MR) is 198 cm³/mol. The van der Waals surface area contributed by atoms with Gasteiger partial charge in [0.25, 0.3) is 0 Å². The van der Waals surface area contributed by atoms with Crippen molar-refractivity contribution < 1.29 is 9.90 Å². The van der Waals surface area contributed by atoms with Crippen LogP contribution in [-0.2, 0) is 4.79 Å². The minimum absolute atomic E-state index is 0.484. The summed E-state index contributed by atoms with van der Waals surface area (Å²) in [5, 5.41) is 9.54. The van der Waals surface area contributed by atoms with Crippen LogP contribution in [0.15, 0.2) is 23.8 Å². The lowest BCUT2D eigenvalue weighted by Gasteiger charge is -2.03. The normalized spacial score (nSPS) is 12.1. The van der Waals surface area contributed by atoms with Crippen molar-refractivity contribution in [2.24, 2.45) is 0 Å². The molecule has 0 aromatic carbocycles. The predicted octanol–water partition coefficient (Wildman–Crippen LogP) is 15.2. The number of hydrogen-bond acceptors (Lipinski definition) is 1. The summed E-state index contributed by atoms with van der Waals surface area (Å²) in [6, 6.07) is 0. The summed E-state index contributed by atoms with van der Waals surface area (Å²) < 4.78 is 0. The molecule has 0 aliphatic rings. The Balaban J connectivity index is 3.49. The third kappa shape index (κ3) is 35.4. The fourth-order valence-corrected chi connectivity index (χ4v) is 6.37. The van der Waals surface area contributed by atoms with Crippen molar-refractivity contribution in [1.82, 2.24) is 0 Å². The Hall–Kier alpha value is -1.05. The van der Waals surface area contributed by atoms with Gasteiger partial charge < -0.3 is 5.11 Å². The van der Waals surface area contributed by atoms with E-state index < -0.39 is 5.97 Å². The van der Waals surface area contributed by atoms with E-state index in [1.807, 2.05) is 12.2 Å². The van der Waals surface area contributed by atoms with Gasteiger partial charge in [0, 0.05) is 0 Å². The Morgan fingerprint density at radius 1 is 0.386 bits per heavy atom. The summed E-state index contributed by atoms with van der Waals surface area (Å²) in [5.41, 5.74) is 0.484. The fraction of sp³-hybridized carbons (Fsp3) is 0.881. The van der Waals surface area contributed by atoms with E-state index >= 15 is 0 Å². The van der Waals surface area contributed by atoms with Gasteiger partial charge in [-0.05, 0) is 25.7 Å². The highest BCUT2D eigenvalue weighted by Crippen LogP contribution is 2.16. The van der Waals surface area contributed by atoms with E-state index in [-0.39, 0.29) is 0 Å². The average molecular weight is 617 g/mol. The molecule has 0 rings (SSSR count). The smallest absolute Gasteiger partial charge is 0.335 e. The molecule has 0 aromatic rings. The Morgan fingerprint density at radius 2 is 0.636 bits per heavy atom. The third-order valence-electron chi connectivity index (χ3n) is 9.44. The van der Waals surface area contributed by atoms with Gasteiger partial charge in [0.1, 0.15) is 0 Å². The molecule has 0 heterocycles. The molecule has 0 aromatic heterocycles. The van der Waals surface area contributed by atoms with Crippen molar-refractivity contribution in [3.05, 3.63) is 23.8 Å². The lowest BCUT2D eigenvalue weighted by Crippen LogP contribution is -1.97. The number of rotatable bonds is 37. The van der Waals surface area contributed by atoms with Crippen molar-refractivity contribution in [2.45, 2.75) is 239 Å². The molecule has 2 heteroatoms. The zero-order chi connectivity index (χ0) is 32.0. The Labute approximate surface area is 277 Å². The molecule has 1 N–H and O–H groups in total. The molecule has 0 unspecified atom stereocenters. The van der Waals surface area contributed by atoms with Crippen molar-refractivity contribution in [3.63, 3.8) is 0 Å². The van der Waals surface area contributed by atoms with Crippen LogP contribution in [0.3, 0.4) is 0 Å². The minimum atomic E-state index is -0.778. The minimum Gasteiger partial charge on any atom is -0.478 e. The molecule has 0 atom stereocenters. The first-order valence-electron chi connectivity index (χ1n) is 20.3. The zero-order valence-corrected chi connectivity index (χ0v) is 30.3. The summed E-state index contributed by atoms with van der Waals surface area (Å²) in [5.74, 6) is -0.778. The number of unbranched alkanes of at least 4 members (excludes halogenated alkanes) is 33. The molecule has 0 fully saturated rings. The fourth-order valence-electron chi connectivity index (χ4n) is 6.37. The van der Waals surface area contributed by atoms with Crippen LogP contribution in [0.25, 0.3) is 0 Å². The summed E-state index contributed by atoms with van der Waals surface area (Å²) in [7, 11) is 0. The summed E-state index contributed by atoms with van der Waals surface area (Å²) >= 11 is 0. The molecular formula is C42H80O2. The van der Waals surface area contributed by atoms with Crippen molar-refractivity contribution in [1.29, 1.82) is 0 Å². The number of aliphatic carboxylic acids is 1. The maximum absolute atomic E-state index is 11.6. The van der Waals surface area contributed by atoms with E-state index in [9.17, 15) is 9.90 Å². The molecule has 0 aliphatic carbocycles. The molecule has 0 saturated carbocycles. The third-order valence-corrected chi connectivity index (χ3v) is 9.44. The molecule has 0 aliphatic heterocycles. The van der Waals surface area contributed by atoms with Crippen LogP contribution < -0.4 is 0 Å². The van der Waals surface area contributed by atoms with Gasteiger partial charge in [-0.2, -0.15) is 0 Å². The second kappa shape index (κ2) is 38.1. The van der Waals surface area contributed by atoms with E-state index in [1.165, 1.54) is 205 Å². The zero-order valence-electron chi connectivity index (χ0n) is 30.3. The average Bonchev–Trinajstić information content (AvgIpc) is 3.02. The number of allylic oxidation sites excluding steroid dienone is 2. The molecule has 260 valence electrons. The van der Waals surface area contributed by atoms with Crippen molar-refractivity contribution in [3.8, 4) is 0 Å². The highest BCUT2D eigenvalue weighted by Gasteiger charge is 2.02. The van der Waals surface area contributed by atoms with E-state index in [2.05, 4.69) is 19.9 Å². The molecule has 0 amide bonds. The van der Waals surface area contributed by atoms with Gasteiger partial charge >= 0.3 is 5.97 Å². The van der Waals surface area contributed by atoms with Gasteiger partial charge in [0.05, 0.1) is 5.57 Å². The van der Waals surface area contributed by atoms with Crippen LogP contribution in [-0.4, -0.2) is 11.1 Å². The lowest BCUT2D eigenvalue weighted by atomic mass is 10.0. The monoisotopic (exact) mass is 617 g/mol. The van der Waals surface area contributed by atoms with Crippen molar-refractivity contribution in [2.75, 3.05) is 0 Å². The number of carboxylic acids is 1. The molecule has 0 spiro atoms. The topological polar surface area (TPSA) is 37.3 Å². The number of carbonyl (C=O) groups is 1. The maximum atomic E-state index is 11.6. The quantitative estimate of drug-likeness (QED) is 0.0428. The number of hydrogen-bond donors (Lipinski definition) is 1. The van der Waals surface area contributed by atoms with Gasteiger partial charge in [-0.3, -0.25) is 0 Å². The molecular weight excluding hydrogens is 536 g/mol. The molecule has 0 saturated heterocycles. The van der Waals surface area contributed by atoms with Gasteiger partial charge in [-0.15, -0.1) is 0 Å². The van der Waals surface area contributed by atoms with Crippen LogP contribution in [0.4, 0.5) is 0 Å². The maximum Gasteiger partial charge on any atom is 0.335 e. The van der Waals surface area contributed by atoms with E-state index in [1.54, 1.807) is 0 Å². The molecule has 44 heavy (non-hydrogen) atoms. The van der Waals surface area contributed by atoms with Gasteiger partial charge in [-0.25, -0.2) is 4.79 Å². The summed E-state index contributed by atoms with van der Waals surface area (Å²) in [6.45, 7) is 4.58. The van der Waals surface area contributed by atoms with Crippen LogP contribution in [0.1, 0.15) is 239 Å². The number of carboxylic acid groups (broad SMARTS) is 1. The highest BCUT2D eigenvalue weighted by molar-refractivity contribution is 5.89. The largest absolute Gasteiger partial charge is 0.478 e. The van der Waals surface area contributed by atoms with Crippen LogP contribution >= 0.6 is 0 Å². The van der Waals surface area contributed by atoms with Crippen LogP contribution in [0, 0.1) is 0 Å². The Kier molecular flexibility index (Phi) is 37.2. The van der Waals surface area contributed by atoms with Crippen LogP contribution in [0.2, 0.25) is 0 Å². The van der Waals surface area contributed by atoms with E-state index in [0.29, 0.717) is 5.57 Å². The van der Waals surface area contributed by atoms with E-state index in [0.717, 1.165) is 19.3 Å². The SMILES string of the molecule is CCCCCCCCCCCCCCCCC/C=C(\C=C\CCCCCCCCCCCCCCCCCCCC)C(=O)O. The van der Waals surface area contributed by atoms with Gasteiger partial charge in [0.15, 0.2) is 0 Å². The van der Waals surface area contributed by atoms with Crippen LogP contribution in [0.5, 0.6) is 0 Å². The van der Waals surface area contributed by atoms with E-state index in [4.69, 9.17) is 0 Å². The lowest BCUT2D eigenvalue weighted by molar-refractivity contribution is -0.132. The Morgan fingerprint density at radius 3 is 0.909 bits per heavy atom. The Bertz CT molecular complexity index is 619.